The van der Waals surface area contributed by atoms with Crippen molar-refractivity contribution < 1.29 is 9.32 Å². The number of hydrogen-bond donors (Lipinski definition) is 2. The highest BCUT2D eigenvalue weighted by Gasteiger charge is 2.22. The molecule has 2 aromatic heterocycles. The highest BCUT2D eigenvalue weighted by molar-refractivity contribution is 5.75. The molecule has 0 bridgehead atoms. The SMILES string of the molecule is Cc1noc([C@@H](C)NC(=O)N[C@H](c2ccccc2)c2nccn2C)n1. The van der Waals surface area contributed by atoms with Crippen molar-refractivity contribution in [2.45, 2.75) is 25.9 Å². The van der Waals surface area contributed by atoms with E-state index in [0.717, 1.165) is 11.4 Å². The fraction of sp³-hybridized carbons (Fsp3) is 0.294. The van der Waals surface area contributed by atoms with E-state index < -0.39 is 6.04 Å². The number of nitrogens with one attached hydrogen (secondary N) is 2. The van der Waals surface area contributed by atoms with Crippen LogP contribution >= 0.6 is 0 Å². The molecular weight excluding hydrogens is 320 g/mol. The van der Waals surface area contributed by atoms with Gasteiger partial charge in [0.15, 0.2) is 5.82 Å². The summed E-state index contributed by atoms with van der Waals surface area (Å²) in [5.74, 6) is 1.63. The molecule has 0 saturated carbocycles. The van der Waals surface area contributed by atoms with E-state index in [2.05, 4.69) is 25.8 Å². The van der Waals surface area contributed by atoms with Gasteiger partial charge in [-0.25, -0.2) is 9.78 Å². The third-order valence-corrected chi connectivity index (χ3v) is 3.79. The van der Waals surface area contributed by atoms with Crippen LogP contribution in [-0.4, -0.2) is 25.7 Å². The topological polar surface area (TPSA) is 97.9 Å². The summed E-state index contributed by atoms with van der Waals surface area (Å²) in [6.07, 6.45) is 3.55. The van der Waals surface area contributed by atoms with Crippen LogP contribution in [0.15, 0.2) is 47.2 Å². The number of aryl methyl sites for hydroxylation is 2. The third kappa shape index (κ3) is 3.85. The molecule has 0 aliphatic heterocycles. The summed E-state index contributed by atoms with van der Waals surface area (Å²) in [6.45, 7) is 3.51. The Balaban J connectivity index is 1.76. The second-order valence-corrected chi connectivity index (χ2v) is 5.76. The Morgan fingerprint density at radius 3 is 2.60 bits per heavy atom. The minimum absolute atomic E-state index is 0.347. The Morgan fingerprint density at radius 2 is 2.00 bits per heavy atom. The van der Waals surface area contributed by atoms with Crippen molar-refractivity contribution in [3.8, 4) is 0 Å². The van der Waals surface area contributed by atoms with Gasteiger partial charge in [0.1, 0.15) is 17.9 Å². The van der Waals surface area contributed by atoms with Gasteiger partial charge < -0.3 is 19.7 Å². The van der Waals surface area contributed by atoms with Gasteiger partial charge in [0.25, 0.3) is 0 Å². The van der Waals surface area contributed by atoms with E-state index in [-0.39, 0.29) is 12.1 Å². The normalized spacial score (nSPS) is 13.2. The molecule has 0 unspecified atom stereocenters. The van der Waals surface area contributed by atoms with Crippen LogP contribution in [0.25, 0.3) is 0 Å². The summed E-state index contributed by atoms with van der Waals surface area (Å²) in [6, 6.07) is 8.55. The van der Waals surface area contributed by atoms with Gasteiger partial charge in [-0.3, -0.25) is 0 Å². The largest absolute Gasteiger partial charge is 0.337 e. The highest BCUT2D eigenvalue weighted by Crippen LogP contribution is 2.20. The van der Waals surface area contributed by atoms with Gasteiger partial charge in [-0.05, 0) is 19.4 Å². The maximum atomic E-state index is 12.5. The van der Waals surface area contributed by atoms with Crippen LogP contribution in [0, 0.1) is 6.92 Å². The maximum absolute atomic E-state index is 12.5. The van der Waals surface area contributed by atoms with Crippen LogP contribution < -0.4 is 10.6 Å². The summed E-state index contributed by atoms with van der Waals surface area (Å²) in [7, 11) is 1.89. The number of carbonyl (C=O) groups excluding carboxylic acids is 1. The second-order valence-electron chi connectivity index (χ2n) is 5.76. The zero-order valence-corrected chi connectivity index (χ0v) is 14.3. The lowest BCUT2D eigenvalue weighted by atomic mass is 10.1. The molecule has 2 N–H and O–H groups in total. The average Bonchev–Trinajstić information content (AvgIpc) is 3.22. The van der Waals surface area contributed by atoms with Crippen molar-refractivity contribution in [1.82, 2.24) is 30.3 Å². The van der Waals surface area contributed by atoms with E-state index in [1.807, 2.05) is 48.1 Å². The fourth-order valence-electron chi connectivity index (χ4n) is 2.52. The molecule has 8 heteroatoms. The van der Waals surface area contributed by atoms with E-state index in [1.54, 1.807) is 20.0 Å². The summed E-state index contributed by atoms with van der Waals surface area (Å²) in [5.41, 5.74) is 0.938. The molecule has 0 radical (unpaired) electrons. The first-order valence-electron chi connectivity index (χ1n) is 7.94. The Hall–Kier alpha value is -3.16. The number of hydrogen-bond acceptors (Lipinski definition) is 5. The molecule has 3 aromatic rings. The van der Waals surface area contributed by atoms with E-state index in [9.17, 15) is 4.79 Å². The highest BCUT2D eigenvalue weighted by atomic mass is 16.5. The zero-order chi connectivity index (χ0) is 17.8. The van der Waals surface area contributed by atoms with Crippen molar-refractivity contribution in [2.24, 2.45) is 7.05 Å². The number of nitrogens with zero attached hydrogens (tertiary/aromatic N) is 4. The summed E-state index contributed by atoms with van der Waals surface area (Å²) < 4.78 is 6.97. The summed E-state index contributed by atoms with van der Waals surface area (Å²) >= 11 is 0. The van der Waals surface area contributed by atoms with E-state index in [4.69, 9.17) is 4.52 Å². The van der Waals surface area contributed by atoms with Gasteiger partial charge in [0.05, 0.1) is 0 Å². The predicted molar refractivity (Wildman–Crippen MR) is 90.6 cm³/mol. The Labute approximate surface area is 145 Å². The molecule has 0 saturated heterocycles. The number of benzene rings is 1. The smallest absolute Gasteiger partial charge is 0.316 e. The van der Waals surface area contributed by atoms with Crippen molar-refractivity contribution in [2.75, 3.05) is 0 Å². The monoisotopic (exact) mass is 340 g/mol. The molecule has 130 valence electrons. The van der Waals surface area contributed by atoms with Crippen molar-refractivity contribution in [3.05, 3.63) is 65.8 Å². The van der Waals surface area contributed by atoms with Crippen molar-refractivity contribution in [1.29, 1.82) is 0 Å². The van der Waals surface area contributed by atoms with E-state index >= 15 is 0 Å². The molecular formula is C17H20N6O2. The van der Waals surface area contributed by atoms with Crippen LogP contribution in [0.1, 0.15) is 42.1 Å². The summed E-state index contributed by atoms with van der Waals surface area (Å²) in [5, 5.41) is 9.50. The predicted octanol–water partition coefficient (Wildman–Crippen LogP) is 2.26. The summed E-state index contributed by atoms with van der Waals surface area (Å²) in [4.78, 5) is 21.0. The Kier molecular flexibility index (Phi) is 4.78. The van der Waals surface area contributed by atoms with Crippen LogP contribution in [-0.2, 0) is 7.05 Å². The van der Waals surface area contributed by atoms with Crippen molar-refractivity contribution in [3.63, 3.8) is 0 Å². The number of rotatable bonds is 5. The number of carbonyl (C=O) groups is 1. The van der Waals surface area contributed by atoms with Gasteiger partial charge in [-0.2, -0.15) is 4.98 Å². The molecule has 2 amide bonds. The molecule has 0 aliphatic rings. The van der Waals surface area contributed by atoms with Gasteiger partial charge in [0, 0.05) is 19.4 Å². The maximum Gasteiger partial charge on any atom is 0.316 e. The number of amides is 2. The Morgan fingerprint density at radius 1 is 1.24 bits per heavy atom. The molecule has 8 nitrogen and oxygen atoms in total. The van der Waals surface area contributed by atoms with Gasteiger partial charge in [0.2, 0.25) is 5.89 Å². The molecule has 3 rings (SSSR count). The average molecular weight is 340 g/mol. The second kappa shape index (κ2) is 7.16. The zero-order valence-electron chi connectivity index (χ0n) is 14.3. The third-order valence-electron chi connectivity index (χ3n) is 3.79. The molecule has 0 fully saturated rings. The first kappa shape index (κ1) is 16.7. The molecule has 0 aliphatic carbocycles. The molecule has 25 heavy (non-hydrogen) atoms. The Bertz CT molecular complexity index is 842. The van der Waals surface area contributed by atoms with Crippen LogP contribution in [0.2, 0.25) is 0 Å². The van der Waals surface area contributed by atoms with E-state index in [1.165, 1.54) is 0 Å². The molecule has 0 spiro atoms. The molecule has 2 atom stereocenters. The van der Waals surface area contributed by atoms with Crippen LogP contribution in [0.3, 0.4) is 0 Å². The quantitative estimate of drug-likeness (QED) is 0.742. The fourth-order valence-corrected chi connectivity index (χ4v) is 2.52. The number of imidazole rings is 1. The van der Waals surface area contributed by atoms with Gasteiger partial charge >= 0.3 is 6.03 Å². The molecule has 1 aromatic carbocycles. The first-order chi connectivity index (χ1) is 12.0. The first-order valence-corrected chi connectivity index (χ1v) is 7.94. The molecule has 2 heterocycles. The minimum atomic E-state index is -0.404. The van der Waals surface area contributed by atoms with Crippen LogP contribution in [0.5, 0.6) is 0 Å². The number of urea groups is 1. The van der Waals surface area contributed by atoms with Gasteiger partial charge in [-0.1, -0.05) is 35.5 Å². The van der Waals surface area contributed by atoms with Gasteiger partial charge in [-0.15, -0.1) is 0 Å². The lowest BCUT2D eigenvalue weighted by Crippen LogP contribution is -2.40. The standard InChI is InChI=1S/C17H20N6O2/c1-11(16-20-12(2)22-25-16)19-17(24)21-14(13-7-5-4-6-8-13)15-18-9-10-23(15)3/h4-11,14H,1-3H3,(H2,19,21,24)/t11-,14-/m1/s1. The van der Waals surface area contributed by atoms with E-state index in [0.29, 0.717) is 11.7 Å². The lowest BCUT2D eigenvalue weighted by Gasteiger charge is -2.20. The van der Waals surface area contributed by atoms with Crippen LogP contribution in [0.4, 0.5) is 4.79 Å². The van der Waals surface area contributed by atoms with Crippen molar-refractivity contribution >= 4 is 6.03 Å². The lowest BCUT2D eigenvalue weighted by molar-refractivity contribution is 0.231. The minimum Gasteiger partial charge on any atom is -0.337 e. The number of aromatic nitrogens is 4.